The molecule has 0 aliphatic rings. The average molecular weight is 293 g/mol. The topological polar surface area (TPSA) is 93.4 Å². The van der Waals surface area contributed by atoms with Gasteiger partial charge in [-0.3, -0.25) is 9.59 Å². The molecular formula is C15H23N3O3. The molecule has 0 saturated carbocycles. The first-order valence-electron chi connectivity index (χ1n) is 6.75. The quantitative estimate of drug-likeness (QED) is 0.749. The summed E-state index contributed by atoms with van der Waals surface area (Å²) in [4.78, 5) is 22.9. The maximum atomic E-state index is 11.8. The van der Waals surface area contributed by atoms with Gasteiger partial charge in [0.2, 0.25) is 11.8 Å². The number of carbonyl (C=O) groups is 2. The van der Waals surface area contributed by atoms with E-state index in [0.717, 1.165) is 0 Å². The minimum Gasteiger partial charge on any atom is -0.494 e. The van der Waals surface area contributed by atoms with Crippen LogP contribution in [0.5, 0.6) is 5.75 Å². The van der Waals surface area contributed by atoms with E-state index in [-0.39, 0.29) is 17.4 Å². The molecule has 0 radical (unpaired) electrons. The van der Waals surface area contributed by atoms with E-state index in [9.17, 15) is 9.59 Å². The zero-order valence-corrected chi connectivity index (χ0v) is 12.9. The van der Waals surface area contributed by atoms with Crippen LogP contribution >= 0.6 is 0 Å². The fourth-order valence-electron chi connectivity index (χ4n) is 1.72. The van der Waals surface area contributed by atoms with Gasteiger partial charge in [0, 0.05) is 30.6 Å². The molecule has 1 rings (SSSR count). The third kappa shape index (κ3) is 6.27. The number of rotatable bonds is 6. The van der Waals surface area contributed by atoms with Gasteiger partial charge in [0.05, 0.1) is 12.8 Å². The Kier molecular flexibility index (Phi) is 5.72. The van der Waals surface area contributed by atoms with Crippen LogP contribution in [0, 0.1) is 0 Å². The number of nitrogens with one attached hydrogen (secondary N) is 2. The van der Waals surface area contributed by atoms with E-state index in [4.69, 9.17) is 10.5 Å². The van der Waals surface area contributed by atoms with Crippen LogP contribution in [-0.4, -0.2) is 24.5 Å². The fraction of sp³-hybridized carbons (Fsp3) is 0.467. The number of amides is 2. The Balaban J connectivity index is 2.72. The first-order valence-corrected chi connectivity index (χ1v) is 6.75. The number of methoxy groups -OCH3 is 1. The highest BCUT2D eigenvalue weighted by Gasteiger charge is 2.14. The molecule has 0 aliphatic heterocycles. The Morgan fingerprint density at radius 2 is 1.95 bits per heavy atom. The molecule has 4 N–H and O–H groups in total. The summed E-state index contributed by atoms with van der Waals surface area (Å²) in [6.07, 6.45) is 0.944. The van der Waals surface area contributed by atoms with Crippen LogP contribution in [0.3, 0.4) is 0 Å². The van der Waals surface area contributed by atoms with Crippen LogP contribution in [0.4, 0.5) is 11.4 Å². The highest BCUT2D eigenvalue weighted by atomic mass is 16.5. The molecule has 0 saturated heterocycles. The molecule has 1 aromatic rings. The molecule has 1 aromatic carbocycles. The first-order chi connectivity index (χ1) is 9.71. The van der Waals surface area contributed by atoms with Gasteiger partial charge in [0.15, 0.2) is 0 Å². The Morgan fingerprint density at radius 1 is 1.29 bits per heavy atom. The van der Waals surface area contributed by atoms with Crippen LogP contribution in [0.15, 0.2) is 18.2 Å². The summed E-state index contributed by atoms with van der Waals surface area (Å²) in [7, 11) is 1.50. The maximum Gasteiger partial charge on any atom is 0.224 e. The lowest BCUT2D eigenvalue weighted by Gasteiger charge is -2.17. The van der Waals surface area contributed by atoms with E-state index in [2.05, 4.69) is 10.6 Å². The molecule has 21 heavy (non-hydrogen) atoms. The largest absolute Gasteiger partial charge is 0.494 e. The minimum atomic E-state index is -0.371. The molecule has 2 amide bonds. The lowest BCUT2D eigenvalue weighted by atomic mass is 10.00. The van der Waals surface area contributed by atoms with Gasteiger partial charge in [-0.15, -0.1) is 0 Å². The Hall–Kier alpha value is -2.08. The van der Waals surface area contributed by atoms with Gasteiger partial charge >= 0.3 is 0 Å². The van der Waals surface area contributed by atoms with Crippen molar-refractivity contribution < 1.29 is 14.3 Å². The van der Waals surface area contributed by atoms with Crippen molar-refractivity contribution in [3.63, 3.8) is 0 Å². The molecule has 0 aromatic heterocycles. The van der Waals surface area contributed by atoms with Crippen LogP contribution in [0.25, 0.3) is 0 Å². The van der Waals surface area contributed by atoms with Crippen molar-refractivity contribution in [1.82, 2.24) is 0 Å². The van der Waals surface area contributed by atoms with Gasteiger partial charge in [-0.2, -0.15) is 0 Å². The summed E-state index contributed by atoms with van der Waals surface area (Å²) < 4.78 is 5.20. The number of anilines is 2. The van der Waals surface area contributed by atoms with Crippen LogP contribution in [0.1, 0.15) is 33.6 Å². The maximum absolute atomic E-state index is 11.8. The Labute approximate surface area is 125 Å². The monoisotopic (exact) mass is 293 g/mol. The highest BCUT2D eigenvalue weighted by molar-refractivity contribution is 5.93. The Morgan fingerprint density at radius 3 is 2.48 bits per heavy atom. The second-order valence-electron chi connectivity index (χ2n) is 5.63. The number of hydrogen-bond acceptors (Lipinski definition) is 4. The smallest absolute Gasteiger partial charge is 0.224 e. The number of nitrogens with two attached hydrogens (primary N) is 1. The summed E-state index contributed by atoms with van der Waals surface area (Å²) >= 11 is 0. The van der Waals surface area contributed by atoms with Crippen molar-refractivity contribution in [2.75, 3.05) is 17.7 Å². The van der Waals surface area contributed by atoms with Crippen molar-refractivity contribution in [3.8, 4) is 5.75 Å². The van der Waals surface area contributed by atoms with Crippen LogP contribution in [0.2, 0.25) is 0 Å². The molecular weight excluding hydrogens is 270 g/mol. The number of carbonyl (C=O) groups excluding carboxylic acids is 2. The van der Waals surface area contributed by atoms with Gasteiger partial charge in [-0.25, -0.2) is 0 Å². The van der Waals surface area contributed by atoms with Crippen LogP contribution in [-0.2, 0) is 9.59 Å². The van der Waals surface area contributed by atoms with E-state index < -0.39 is 0 Å². The minimum absolute atomic E-state index is 0.108. The summed E-state index contributed by atoms with van der Waals surface area (Å²) in [6, 6.07) is 5.05. The predicted molar refractivity (Wildman–Crippen MR) is 83.4 cm³/mol. The Bertz CT molecular complexity index is 521. The molecule has 116 valence electrons. The van der Waals surface area contributed by atoms with E-state index in [0.29, 0.717) is 30.0 Å². The molecule has 0 heterocycles. The second kappa shape index (κ2) is 7.08. The van der Waals surface area contributed by atoms with E-state index in [1.54, 1.807) is 18.2 Å². The van der Waals surface area contributed by atoms with Crippen molar-refractivity contribution >= 4 is 23.2 Å². The third-order valence-electron chi connectivity index (χ3n) is 2.79. The second-order valence-corrected chi connectivity index (χ2v) is 5.63. The van der Waals surface area contributed by atoms with Gasteiger partial charge in [0.25, 0.3) is 0 Å². The van der Waals surface area contributed by atoms with Crippen molar-refractivity contribution in [1.29, 1.82) is 0 Å². The predicted octanol–water partition coefficient (Wildman–Crippen LogP) is 2.11. The molecule has 0 spiro atoms. The molecule has 0 atom stereocenters. The molecule has 6 heteroatoms. The van der Waals surface area contributed by atoms with E-state index in [1.807, 2.05) is 13.8 Å². The van der Waals surface area contributed by atoms with Crippen molar-refractivity contribution in [2.24, 2.45) is 5.73 Å². The average Bonchev–Trinajstić information content (AvgIpc) is 2.37. The van der Waals surface area contributed by atoms with Gasteiger partial charge in [-0.05, 0) is 32.4 Å². The van der Waals surface area contributed by atoms with E-state index in [1.165, 1.54) is 14.0 Å². The molecule has 0 bridgehead atoms. The van der Waals surface area contributed by atoms with Crippen molar-refractivity contribution in [2.45, 2.75) is 39.2 Å². The number of hydrogen-bond donors (Lipinski definition) is 3. The number of ether oxygens (including phenoxy) is 1. The van der Waals surface area contributed by atoms with Gasteiger partial charge in [0.1, 0.15) is 5.75 Å². The zero-order chi connectivity index (χ0) is 16.0. The van der Waals surface area contributed by atoms with Gasteiger partial charge in [-0.1, -0.05) is 0 Å². The standard InChI is InChI=1S/C15H23N3O3/c1-10(19)17-12-6-5-11(9-13(12)21-4)18-14(20)7-8-15(2,3)16/h5-6,9H,7-8,16H2,1-4H3,(H,17,19)(H,18,20). The molecule has 0 aliphatic carbocycles. The third-order valence-corrected chi connectivity index (χ3v) is 2.79. The summed E-state index contributed by atoms with van der Waals surface area (Å²) in [5.74, 6) is 0.195. The SMILES string of the molecule is COc1cc(NC(=O)CCC(C)(C)N)ccc1NC(C)=O. The fourth-order valence-corrected chi connectivity index (χ4v) is 1.72. The normalized spacial score (nSPS) is 10.9. The molecule has 0 fully saturated rings. The highest BCUT2D eigenvalue weighted by Crippen LogP contribution is 2.28. The zero-order valence-electron chi connectivity index (χ0n) is 12.9. The molecule has 6 nitrogen and oxygen atoms in total. The lowest BCUT2D eigenvalue weighted by Crippen LogP contribution is -2.33. The summed E-state index contributed by atoms with van der Waals surface area (Å²) in [5, 5.41) is 5.44. The van der Waals surface area contributed by atoms with Crippen molar-refractivity contribution in [3.05, 3.63) is 18.2 Å². The summed E-state index contributed by atoms with van der Waals surface area (Å²) in [5.41, 5.74) is 6.65. The van der Waals surface area contributed by atoms with E-state index >= 15 is 0 Å². The van der Waals surface area contributed by atoms with Crippen LogP contribution < -0.4 is 21.1 Å². The number of benzene rings is 1. The van der Waals surface area contributed by atoms with Gasteiger partial charge < -0.3 is 21.1 Å². The lowest BCUT2D eigenvalue weighted by molar-refractivity contribution is -0.116. The first kappa shape index (κ1) is 17.0. The molecule has 0 unspecified atom stereocenters. The summed E-state index contributed by atoms with van der Waals surface area (Å²) in [6.45, 7) is 5.18.